The Balaban J connectivity index is 2.45. The number of rotatable bonds is 6. The van der Waals surface area contributed by atoms with E-state index < -0.39 is 0 Å². The maximum Gasteiger partial charge on any atom is 0.152 e. The van der Waals surface area contributed by atoms with Crippen LogP contribution in [0.4, 0.5) is 0 Å². The maximum absolute atomic E-state index is 6.23. The summed E-state index contributed by atoms with van der Waals surface area (Å²) >= 11 is 6.23. The van der Waals surface area contributed by atoms with E-state index in [-0.39, 0.29) is 11.6 Å². The molecule has 0 spiro atoms. The molecule has 1 aromatic heterocycles. The summed E-state index contributed by atoms with van der Waals surface area (Å²) in [4.78, 5) is 2.22. The van der Waals surface area contributed by atoms with E-state index in [1.165, 1.54) is 0 Å². The molecule has 2 aromatic rings. The van der Waals surface area contributed by atoms with E-state index in [0.717, 1.165) is 29.7 Å². The van der Waals surface area contributed by atoms with Crippen molar-refractivity contribution in [1.82, 2.24) is 10.2 Å². The van der Waals surface area contributed by atoms with Gasteiger partial charge in [-0.2, -0.15) is 0 Å². The first-order valence-electron chi connectivity index (χ1n) is 7.46. The molecule has 1 atom stereocenters. The Bertz CT molecular complexity index is 604. The van der Waals surface area contributed by atoms with Crippen LogP contribution in [0.15, 0.2) is 28.7 Å². The van der Waals surface area contributed by atoms with Gasteiger partial charge in [0.2, 0.25) is 0 Å². The second-order valence-corrected chi connectivity index (χ2v) is 6.65. The quantitative estimate of drug-likeness (QED) is 0.853. The summed E-state index contributed by atoms with van der Waals surface area (Å²) in [6.07, 6.45) is 1.08. The Morgan fingerprint density at radius 3 is 2.62 bits per heavy atom. The summed E-state index contributed by atoms with van der Waals surface area (Å²) in [5, 5.41) is 5.32. The van der Waals surface area contributed by atoms with Crippen molar-refractivity contribution in [2.45, 2.75) is 38.8 Å². The molecule has 0 aliphatic rings. The van der Waals surface area contributed by atoms with Gasteiger partial charge in [-0.1, -0.05) is 30.7 Å². The van der Waals surface area contributed by atoms with Crippen molar-refractivity contribution in [3.63, 3.8) is 0 Å². The van der Waals surface area contributed by atoms with Crippen molar-refractivity contribution in [1.29, 1.82) is 0 Å². The number of halogens is 1. The van der Waals surface area contributed by atoms with Crippen LogP contribution in [0.5, 0.6) is 0 Å². The highest BCUT2D eigenvalue weighted by molar-refractivity contribution is 6.34. The number of hydrogen-bond acceptors (Lipinski definition) is 3. The molecule has 1 heterocycles. The molecular formula is C17H25ClN2O. The van der Waals surface area contributed by atoms with Crippen LogP contribution < -0.4 is 5.32 Å². The van der Waals surface area contributed by atoms with E-state index in [9.17, 15) is 0 Å². The summed E-state index contributed by atoms with van der Waals surface area (Å²) in [6.45, 7) is 7.55. The molecule has 2 rings (SSSR count). The molecular weight excluding hydrogens is 284 g/mol. The SMILES string of the molecule is CCCNC(c1cc2cccc(Cl)c2o1)C(C)(C)N(C)C. The Morgan fingerprint density at radius 1 is 1.33 bits per heavy atom. The summed E-state index contributed by atoms with van der Waals surface area (Å²) in [7, 11) is 4.19. The molecule has 116 valence electrons. The zero-order valence-corrected chi connectivity index (χ0v) is 14.3. The van der Waals surface area contributed by atoms with E-state index in [1.54, 1.807) is 0 Å². The number of fused-ring (bicyclic) bond motifs is 1. The minimum Gasteiger partial charge on any atom is -0.458 e. The topological polar surface area (TPSA) is 28.4 Å². The minimum absolute atomic E-state index is 0.0739. The third-order valence-electron chi connectivity index (χ3n) is 4.26. The van der Waals surface area contributed by atoms with Crippen LogP contribution in [0.1, 0.15) is 39.0 Å². The fraction of sp³-hybridized carbons (Fsp3) is 0.529. The molecule has 1 N–H and O–H groups in total. The van der Waals surface area contributed by atoms with Crippen molar-refractivity contribution in [3.8, 4) is 0 Å². The molecule has 4 heteroatoms. The van der Waals surface area contributed by atoms with E-state index in [2.05, 4.69) is 51.1 Å². The van der Waals surface area contributed by atoms with Crippen molar-refractivity contribution < 1.29 is 4.42 Å². The predicted octanol–water partition coefficient (Wildman–Crippen LogP) is 4.47. The van der Waals surface area contributed by atoms with E-state index in [0.29, 0.717) is 5.02 Å². The lowest BCUT2D eigenvalue weighted by Crippen LogP contribution is -2.49. The highest BCUT2D eigenvalue weighted by Crippen LogP contribution is 2.35. The molecule has 1 unspecified atom stereocenters. The van der Waals surface area contributed by atoms with Crippen molar-refractivity contribution in [3.05, 3.63) is 35.0 Å². The zero-order chi connectivity index (χ0) is 15.6. The van der Waals surface area contributed by atoms with Gasteiger partial charge in [-0.15, -0.1) is 0 Å². The van der Waals surface area contributed by atoms with Crippen LogP contribution in [-0.4, -0.2) is 31.1 Å². The number of likely N-dealkylation sites (N-methyl/N-ethyl adjacent to an activating group) is 1. The lowest BCUT2D eigenvalue weighted by molar-refractivity contribution is 0.126. The maximum atomic E-state index is 6.23. The van der Waals surface area contributed by atoms with Gasteiger partial charge in [0.15, 0.2) is 5.58 Å². The van der Waals surface area contributed by atoms with Crippen LogP contribution in [-0.2, 0) is 0 Å². The first kappa shape index (κ1) is 16.3. The molecule has 0 saturated carbocycles. The summed E-state index contributed by atoms with van der Waals surface area (Å²) < 4.78 is 6.07. The highest BCUT2D eigenvalue weighted by atomic mass is 35.5. The molecule has 0 aliphatic heterocycles. The largest absolute Gasteiger partial charge is 0.458 e. The number of hydrogen-bond donors (Lipinski definition) is 1. The van der Waals surface area contributed by atoms with Crippen LogP contribution in [0.2, 0.25) is 5.02 Å². The Kier molecular flexibility index (Phi) is 4.97. The van der Waals surface area contributed by atoms with Gasteiger partial charge in [0.05, 0.1) is 11.1 Å². The van der Waals surface area contributed by atoms with Gasteiger partial charge in [-0.05, 0) is 53.0 Å². The highest BCUT2D eigenvalue weighted by Gasteiger charge is 2.34. The van der Waals surface area contributed by atoms with Crippen LogP contribution in [0.25, 0.3) is 11.0 Å². The first-order valence-corrected chi connectivity index (χ1v) is 7.84. The molecule has 21 heavy (non-hydrogen) atoms. The summed E-state index contributed by atoms with van der Waals surface area (Å²) in [6, 6.07) is 8.06. The molecule has 0 aliphatic carbocycles. The van der Waals surface area contributed by atoms with Gasteiger partial charge in [-0.3, -0.25) is 0 Å². The fourth-order valence-electron chi connectivity index (χ4n) is 2.44. The molecule has 0 amide bonds. The number of nitrogens with one attached hydrogen (secondary N) is 1. The predicted molar refractivity (Wildman–Crippen MR) is 90.0 cm³/mol. The lowest BCUT2D eigenvalue weighted by Gasteiger charge is -2.39. The van der Waals surface area contributed by atoms with Crippen molar-refractivity contribution >= 4 is 22.6 Å². The average molecular weight is 309 g/mol. The van der Waals surface area contributed by atoms with Gasteiger partial charge in [0, 0.05) is 10.9 Å². The number of nitrogens with zero attached hydrogens (tertiary/aromatic N) is 1. The average Bonchev–Trinajstić information content (AvgIpc) is 2.84. The van der Waals surface area contributed by atoms with Crippen molar-refractivity contribution in [2.24, 2.45) is 0 Å². The molecule has 0 bridgehead atoms. The number of furan rings is 1. The smallest absolute Gasteiger partial charge is 0.152 e. The van der Waals surface area contributed by atoms with Gasteiger partial charge >= 0.3 is 0 Å². The van der Waals surface area contributed by atoms with Crippen molar-refractivity contribution in [2.75, 3.05) is 20.6 Å². The fourth-order valence-corrected chi connectivity index (χ4v) is 2.66. The number of benzene rings is 1. The molecule has 0 radical (unpaired) electrons. The standard InChI is InChI=1S/C17H25ClN2O/c1-6-10-19-16(17(2,3)20(4)5)14-11-12-8-7-9-13(18)15(12)21-14/h7-9,11,16,19H,6,10H2,1-5H3. The third-order valence-corrected chi connectivity index (χ3v) is 4.55. The minimum atomic E-state index is -0.0739. The molecule has 0 fully saturated rings. The second kappa shape index (κ2) is 6.39. The van der Waals surface area contributed by atoms with E-state index >= 15 is 0 Å². The van der Waals surface area contributed by atoms with E-state index in [4.69, 9.17) is 16.0 Å². The van der Waals surface area contributed by atoms with Crippen LogP contribution in [0.3, 0.4) is 0 Å². The Hall–Kier alpha value is -1.03. The van der Waals surface area contributed by atoms with Crippen LogP contribution in [0, 0.1) is 0 Å². The molecule has 0 saturated heterocycles. The molecule has 1 aromatic carbocycles. The molecule has 3 nitrogen and oxygen atoms in total. The lowest BCUT2D eigenvalue weighted by atomic mass is 9.91. The first-order chi connectivity index (χ1) is 9.87. The normalized spacial score (nSPS) is 14.0. The zero-order valence-electron chi connectivity index (χ0n) is 13.5. The summed E-state index contributed by atoms with van der Waals surface area (Å²) in [5.41, 5.74) is 0.697. The van der Waals surface area contributed by atoms with Gasteiger partial charge < -0.3 is 14.6 Å². The van der Waals surface area contributed by atoms with Gasteiger partial charge in [0.25, 0.3) is 0 Å². The van der Waals surface area contributed by atoms with E-state index in [1.807, 2.05) is 18.2 Å². The monoisotopic (exact) mass is 308 g/mol. The van der Waals surface area contributed by atoms with Gasteiger partial charge in [-0.25, -0.2) is 0 Å². The Morgan fingerprint density at radius 2 is 2.05 bits per heavy atom. The second-order valence-electron chi connectivity index (χ2n) is 6.24. The Labute approximate surface area is 132 Å². The van der Waals surface area contributed by atoms with Gasteiger partial charge in [0.1, 0.15) is 5.76 Å². The third kappa shape index (κ3) is 3.25. The van der Waals surface area contributed by atoms with Crippen LogP contribution >= 0.6 is 11.6 Å². The summed E-state index contributed by atoms with van der Waals surface area (Å²) in [5.74, 6) is 0.935. The number of para-hydroxylation sites is 1.